The maximum absolute atomic E-state index is 4.22. The Hall–Kier alpha value is -1.81. The molecule has 1 aliphatic rings. The van der Waals surface area contributed by atoms with E-state index in [4.69, 9.17) is 0 Å². The van der Waals surface area contributed by atoms with Crippen LogP contribution in [0.2, 0.25) is 0 Å². The van der Waals surface area contributed by atoms with Crippen molar-refractivity contribution in [2.75, 3.05) is 24.5 Å². The first-order chi connectivity index (χ1) is 11.0. The standard InChI is InChI=1S/C19H28N4/c1-19(2,3)18-16(13-21-22-18)12-20-11-15-9-10-23(14-15)17-7-5-4-6-8-17/h4-8,13,15,20H,9-12,14H2,1-3H3,(H,21,22)/t15-/m0/s1. The number of benzene rings is 1. The summed E-state index contributed by atoms with van der Waals surface area (Å²) < 4.78 is 0. The molecule has 4 nitrogen and oxygen atoms in total. The molecule has 0 saturated carbocycles. The van der Waals surface area contributed by atoms with Crippen LogP contribution in [0, 0.1) is 5.92 Å². The lowest BCUT2D eigenvalue weighted by Gasteiger charge is -2.20. The van der Waals surface area contributed by atoms with Crippen molar-refractivity contribution in [2.45, 2.75) is 39.2 Å². The normalized spacial score (nSPS) is 18.6. The zero-order valence-electron chi connectivity index (χ0n) is 14.5. The number of hydrogen-bond acceptors (Lipinski definition) is 3. The largest absolute Gasteiger partial charge is 0.371 e. The van der Waals surface area contributed by atoms with Gasteiger partial charge in [-0.15, -0.1) is 0 Å². The van der Waals surface area contributed by atoms with Gasteiger partial charge in [0.15, 0.2) is 0 Å². The molecule has 2 aromatic rings. The van der Waals surface area contributed by atoms with Crippen molar-refractivity contribution >= 4 is 5.69 Å². The highest BCUT2D eigenvalue weighted by Gasteiger charge is 2.23. The SMILES string of the molecule is CC(C)(C)c1[nH]ncc1CNC[C@@H]1CCN(c2ccccc2)C1. The van der Waals surface area contributed by atoms with Gasteiger partial charge in [-0.05, 0) is 24.5 Å². The molecule has 1 aromatic heterocycles. The van der Waals surface area contributed by atoms with Crippen molar-refractivity contribution in [2.24, 2.45) is 5.92 Å². The molecule has 1 saturated heterocycles. The maximum atomic E-state index is 4.22. The van der Waals surface area contributed by atoms with Gasteiger partial charge >= 0.3 is 0 Å². The molecule has 0 aliphatic carbocycles. The van der Waals surface area contributed by atoms with Gasteiger partial charge in [-0.2, -0.15) is 5.10 Å². The second-order valence-electron chi connectivity index (χ2n) is 7.59. The lowest BCUT2D eigenvalue weighted by Crippen LogP contribution is -2.27. The van der Waals surface area contributed by atoms with Crippen molar-refractivity contribution in [1.29, 1.82) is 0 Å². The zero-order chi connectivity index (χ0) is 16.3. The molecule has 23 heavy (non-hydrogen) atoms. The van der Waals surface area contributed by atoms with Crippen LogP contribution < -0.4 is 10.2 Å². The first kappa shape index (κ1) is 16.1. The smallest absolute Gasteiger partial charge is 0.0535 e. The molecule has 1 fully saturated rings. The average molecular weight is 312 g/mol. The Morgan fingerprint density at radius 1 is 1.26 bits per heavy atom. The molecule has 4 heteroatoms. The van der Waals surface area contributed by atoms with E-state index in [0.29, 0.717) is 0 Å². The van der Waals surface area contributed by atoms with Gasteiger partial charge in [-0.1, -0.05) is 39.0 Å². The number of nitrogens with zero attached hydrogens (tertiary/aromatic N) is 2. The van der Waals surface area contributed by atoms with Crippen molar-refractivity contribution < 1.29 is 0 Å². The zero-order valence-corrected chi connectivity index (χ0v) is 14.5. The maximum Gasteiger partial charge on any atom is 0.0535 e. The van der Waals surface area contributed by atoms with E-state index in [1.165, 1.54) is 23.4 Å². The lowest BCUT2D eigenvalue weighted by molar-refractivity contribution is 0.508. The van der Waals surface area contributed by atoms with E-state index in [1.54, 1.807) is 0 Å². The predicted molar refractivity (Wildman–Crippen MR) is 95.8 cm³/mol. The molecule has 0 bridgehead atoms. The van der Waals surface area contributed by atoms with E-state index in [9.17, 15) is 0 Å². The summed E-state index contributed by atoms with van der Waals surface area (Å²) in [6, 6.07) is 10.7. The fourth-order valence-electron chi connectivity index (χ4n) is 3.38. The van der Waals surface area contributed by atoms with Crippen LogP contribution in [0.25, 0.3) is 0 Å². The number of aromatic amines is 1. The Kier molecular flexibility index (Phi) is 4.71. The van der Waals surface area contributed by atoms with Gasteiger partial charge in [-0.25, -0.2) is 0 Å². The Morgan fingerprint density at radius 2 is 2.04 bits per heavy atom. The highest BCUT2D eigenvalue weighted by Crippen LogP contribution is 2.24. The molecule has 3 rings (SSSR count). The predicted octanol–water partition coefficient (Wildman–Crippen LogP) is 3.32. The lowest BCUT2D eigenvalue weighted by atomic mass is 9.89. The number of H-pyrrole nitrogens is 1. The van der Waals surface area contributed by atoms with Crippen molar-refractivity contribution in [1.82, 2.24) is 15.5 Å². The average Bonchev–Trinajstić information content (AvgIpc) is 3.17. The topological polar surface area (TPSA) is 44.0 Å². The minimum absolute atomic E-state index is 0.116. The van der Waals surface area contributed by atoms with Crippen LogP contribution in [0.4, 0.5) is 5.69 Å². The fourth-order valence-corrected chi connectivity index (χ4v) is 3.38. The number of rotatable bonds is 5. The summed E-state index contributed by atoms with van der Waals surface area (Å²) in [5, 5.41) is 11.0. The van der Waals surface area contributed by atoms with Gasteiger partial charge < -0.3 is 10.2 Å². The van der Waals surface area contributed by atoms with Gasteiger partial charge in [0.2, 0.25) is 0 Å². The molecule has 1 atom stereocenters. The van der Waals surface area contributed by atoms with Gasteiger partial charge in [0.05, 0.1) is 6.20 Å². The van der Waals surface area contributed by atoms with Crippen LogP contribution in [0.1, 0.15) is 38.4 Å². The number of anilines is 1. The fraction of sp³-hybridized carbons (Fsp3) is 0.526. The molecule has 0 unspecified atom stereocenters. The van der Waals surface area contributed by atoms with E-state index in [2.05, 4.69) is 71.5 Å². The number of aromatic nitrogens is 2. The summed E-state index contributed by atoms with van der Waals surface area (Å²) in [4.78, 5) is 2.49. The van der Waals surface area contributed by atoms with E-state index in [0.717, 1.165) is 32.1 Å². The third-order valence-corrected chi connectivity index (χ3v) is 4.62. The molecule has 0 spiro atoms. The van der Waals surface area contributed by atoms with Crippen LogP contribution in [0.3, 0.4) is 0 Å². The quantitative estimate of drug-likeness (QED) is 0.890. The third-order valence-electron chi connectivity index (χ3n) is 4.62. The molecule has 0 radical (unpaired) electrons. The Labute approximate surface area is 139 Å². The summed E-state index contributed by atoms with van der Waals surface area (Å²) in [6.45, 7) is 10.9. The first-order valence-electron chi connectivity index (χ1n) is 8.57. The Morgan fingerprint density at radius 3 is 2.78 bits per heavy atom. The van der Waals surface area contributed by atoms with Crippen molar-refractivity contribution in [3.63, 3.8) is 0 Å². The molecular weight excluding hydrogens is 284 g/mol. The van der Waals surface area contributed by atoms with E-state index < -0.39 is 0 Å². The molecule has 0 amide bonds. The molecular formula is C19H28N4. The summed E-state index contributed by atoms with van der Waals surface area (Å²) >= 11 is 0. The minimum atomic E-state index is 0.116. The Bertz CT molecular complexity index is 612. The number of nitrogens with one attached hydrogen (secondary N) is 2. The van der Waals surface area contributed by atoms with Gasteiger partial charge in [0.1, 0.15) is 0 Å². The molecule has 2 heterocycles. The number of hydrogen-bond donors (Lipinski definition) is 2. The van der Waals surface area contributed by atoms with E-state index >= 15 is 0 Å². The van der Waals surface area contributed by atoms with E-state index in [-0.39, 0.29) is 5.41 Å². The van der Waals surface area contributed by atoms with Crippen molar-refractivity contribution in [3.8, 4) is 0 Å². The van der Waals surface area contributed by atoms with Crippen LogP contribution in [-0.2, 0) is 12.0 Å². The molecule has 1 aromatic carbocycles. The molecule has 124 valence electrons. The highest BCUT2D eigenvalue weighted by atomic mass is 15.2. The van der Waals surface area contributed by atoms with Gasteiger partial charge in [0, 0.05) is 48.5 Å². The van der Waals surface area contributed by atoms with Crippen LogP contribution in [-0.4, -0.2) is 29.8 Å². The van der Waals surface area contributed by atoms with Gasteiger partial charge in [-0.3, -0.25) is 5.10 Å². The van der Waals surface area contributed by atoms with Crippen LogP contribution >= 0.6 is 0 Å². The summed E-state index contributed by atoms with van der Waals surface area (Å²) in [5.41, 5.74) is 3.99. The number of para-hydroxylation sites is 1. The highest BCUT2D eigenvalue weighted by molar-refractivity contribution is 5.46. The Balaban J connectivity index is 1.48. The van der Waals surface area contributed by atoms with Gasteiger partial charge in [0.25, 0.3) is 0 Å². The summed E-state index contributed by atoms with van der Waals surface area (Å²) in [6.07, 6.45) is 3.22. The minimum Gasteiger partial charge on any atom is -0.371 e. The van der Waals surface area contributed by atoms with Crippen LogP contribution in [0.5, 0.6) is 0 Å². The third kappa shape index (κ3) is 3.94. The second-order valence-corrected chi connectivity index (χ2v) is 7.59. The van der Waals surface area contributed by atoms with E-state index in [1.807, 2.05) is 6.20 Å². The summed E-state index contributed by atoms with van der Waals surface area (Å²) in [7, 11) is 0. The molecule has 2 N–H and O–H groups in total. The summed E-state index contributed by atoms with van der Waals surface area (Å²) in [5.74, 6) is 0.722. The first-order valence-corrected chi connectivity index (χ1v) is 8.57. The molecule has 1 aliphatic heterocycles. The monoisotopic (exact) mass is 312 g/mol. The van der Waals surface area contributed by atoms with Crippen molar-refractivity contribution in [3.05, 3.63) is 47.8 Å². The van der Waals surface area contributed by atoms with Crippen LogP contribution in [0.15, 0.2) is 36.5 Å². The second kappa shape index (κ2) is 6.75.